The van der Waals surface area contributed by atoms with Gasteiger partial charge in [0.1, 0.15) is 11.5 Å². The van der Waals surface area contributed by atoms with Gasteiger partial charge in [-0.3, -0.25) is 9.59 Å². The molecule has 0 bridgehead atoms. The van der Waals surface area contributed by atoms with Crippen LogP contribution in [0.1, 0.15) is 65.7 Å². The highest BCUT2D eigenvalue weighted by Gasteiger charge is 2.50. The summed E-state index contributed by atoms with van der Waals surface area (Å²) in [6.07, 6.45) is 2.40. The number of hydrogen-bond acceptors (Lipinski definition) is 3. The van der Waals surface area contributed by atoms with E-state index >= 15 is 0 Å². The maximum atomic E-state index is 13.2. The van der Waals surface area contributed by atoms with Gasteiger partial charge in [-0.25, -0.2) is 9.37 Å². The highest BCUT2D eigenvalue weighted by Crippen LogP contribution is 2.52. The third kappa shape index (κ3) is 3.67. The predicted octanol–water partition coefficient (Wildman–Crippen LogP) is 4.77. The van der Waals surface area contributed by atoms with Gasteiger partial charge in [-0.2, -0.15) is 0 Å². The van der Waals surface area contributed by atoms with Crippen molar-refractivity contribution in [2.75, 3.05) is 13.1 Å². The fraction of sp³-hybridized carbons (Fsp3) is 0.321. The molecule has 6 heteroatoms. The number of fused-ring (bicyclic) bond motifs is 2. The van der Waals surface area contributed by atoms with Gasteiger partial charge in [0, 0.05) is 18.5 Å². The molecule has 1 fully saturated rings. The standard InChI is InChI=1S/C28H28FN3O2/c1-17(2)20-5-3-4-6-21(20)18-7-9-24-22(13-18)23(26(30)33)14-28(24)11-12-32(16-28)27(34)25-10-8-19(29)15-31-25/h3-10,13,15,17,23H,11-12,14,16H2,1-2H3,(H2,30,33). The molecule has 34 heavy (non-hydrogen) atoms. The van der Waals surface area contributed by atoms with Gasteiger partial charge in [0.25, 0.3) is 5.91 Å². The van der Waals surface area contributed by atoms with Gasteiger partial charge in [-0.1, -0.05) is 56.3 Å². The summed E-state index contributed by atoms with van der Waals surface area (Å²) >= 11 is 0. The lowest BCUT2D eigenvalue weighted by molar-refractivity contribution is -0.119. The van der Waals surface area contributed by atoms with Crippen LogP contribution in [-0.4, -0.2) is 34.8 Å². The predicted molar refractivity (Wildman–Crippen MR) is 129 cm³/mol. The van der Waals surface area contributed by atoms with Crippen LogP contribution in [0.4, 0.5) is 4.39 Å². The smallest absolute Gasteiger partial charge is 0.272 e. The summed E-state index contributed by atoms with van der Waals surface area (Å²) in [4.78, 5) is 31.2. The molecule has 2 unspecified atom stereocenters. The first kappa shape index (κ1) is 22.3. The summed E-state index contributed by atoms with van der Waals surface area (Å²) in [5, 5.41) is 0. The Kier molecular flexibility index (Phi) is 5.47. The molecule has 2 atom stereocenters. The minimum Gasteiger partial charge on any atom is -0.369 e. The number of hydrogen-bond donors (Lipinski definition) is 1. The number of aromatic nitrogens is 1. The van der Waals surface area contributed by atoms with E-state index in [2.05, 4.69) is 49.2 Å². The quantitative estimate of drug-likeness (QED) is 0.613. The van der Waals surface area contributed by atoms with Gasteiger partial charge in [0.15, 0.2) is 0 Å². The minimum absolute atomic E-state index is 0.219. The molecular weight excluding hydrogens is 429 g/mol. The average Bonchev–Trinajstić information content (AvgIpc) is 3.41. The van der Waals surface area contributed by atoms with Crippen LogP contribution in [0, 0.1) is 5.82 Å². The Morgan fingerprint density at radius 3 is 2.65 bits per heavy atom. The molecule has 2 aliphatic rings. The third-order valence-corrected chi connectivity index (χ3v) is 7.42. The van der Waals surface area contributed by atoms with Gasteiger partial charge in [-0.15, -0.1) is 0 Å². The number of primary amides is 1. The molecule has 2 amide bonds. The molecule has 1 spiro atoms. The summed E-state index contributed by atoms with van der Waals surface area (Å²) in [6.45, 7) is 5.39. The molecule has 2 N–H and O–H groups in total. The maximum Gasteiger partial charge on any atom is 0.272 e. The third-order valence-electron chi connectivity index (χ3n) is 7.42. The summed E-state index contributed by atoms with van der Waals surface area (Å²) in [7, 11) is 0. The number of amides is 2. The van der Waals surface area contributed by atoms with E-state index in [0.29, 0.717) is 25.4 Å². The molecule has 1 saturated heterocycles. The largest absolute Gasteiger partial charge is 0.369 e. The van der Waals surface area contributed by atoms with Crippen molar-refractivity contribution < 1.29 is 14.0 Å². The van der Waals surface area contributed by atoms with E-state index in [-0.39, 0.29) is 28.8 Å². The Hall–Kier alpha value is -3.54. The molecular formula is C28H28FN3O2. The van der Waals surface area contributed by atoms with Crippen molar-refractivity contribution in [2.45, 2.75) is 43.9 Å². The topological polar surface area (TPSA) is 76.3 Å². The Morgan fingerprint density at radius 2 is 1.94 bits per heavy atom. The lowest BCUT2D eigenvalue weighted by Gasteiger charge is -2.26. The summed E-state index contributed by atoms with van der Waals surface area (Å²) in [6, 6.07) is 17.4. The van der Waals surface area contributed by atoms with Gasteiger partial charge >= 0.3 is 0 Å². The maximum absolute atomic E-state index is 13.2. The number of nitrogens with zero attached hydrogens (tertiary/aromatic N) is 2. The van der Waals surface area contributed by atoms with Crippen molar-refractivity contribution in [2.24, 2.45) is 5.73 Å². The highest BCUT2D eigenvalue weighted by atomic mass is 19.1. The molecule has 1 aromatic heterocycles. The normalized spacial score (nSPS) is 21.3. The molecule has 2 heterocycles. The number of rotatable bonds is 4. The molecule has 0 radical (unpaired) electrons. The van der Waals surface area contributed by atoms with Crippen LogP contribution in [0.2, 0.25) is 0 Å². The van der Waals surface area contributed by atoms with Crippen LogP contribution in [0.3, 0.4) is 0 Å². The van der Waals surface area contributed by atoms with E-state index < -0.39 is 5.82 Å². The SMILES string of the molecule is CC(C)c1ccccc1-c1ccc2c(c1)C(C(N)=O)CC21CCN(C(=O)c2ccc(F)cn2)C1. The molecule has 3 aromatic rings. The Balaban J connectivity index is 1.50. The number of benzene rings is 2. The van der Waals surface area contributed by atoms with Gasteiger partial charge in [0.2, 0.25) is 5.91 Å². The van der Waals surface area contributed by atoms with Crippen LogP contribution in [0.25, 0.3) is 11.1 Å². The van der Waals surface area contributed by atoms with Crippen LogP contribution in [-0.2, 0) is 10.2 Å². The van der Waals surface area contributed by atoms with Gasteiger partial charge in [-0.05, 0) is 58.7 Å². The van der Waals surface area contributed by atoms with E-state index in [1.807, 2.05) is 12.1 Å². The van der Waals surface area contributed by atoms with Gasteiger partial charge in [0.05, 0.1) is 12.1 Å². The van der Waals surface area contributed by atoms with Gasteiger partial charge < -0.3 is 10.6 Å². The molecule has 2 aromatic carbocycles. The summed E-state index contributed by atoms with van der Waals surface area (Å²) < 4.78 is 13.2. The monoisotopic (exact) mass is 457 g/mol. The second-order valence-electron chi connectivity index (χ2n) is 9.82. The number of pyridine rings is 1. The van der Waals surface area contributed by atoms with Crippen LogP contribution < -0.4 is 5.73 Å². The lowest BCUT2D eigenvalue weighted by atomic mass is 9.80. The zero-order valence-corrected chi connectivity index (χ0v) is 19.4. The number of carbonyl (C=O) groups excluding carboxylic acids is 2. The number of carbonyl (C=O) groups is 2. The fourth-order valence-electron chi connectivity index (χ4n) is 5.73. The number of likely N-dealkylation sites (tertiary alicyclic amines) is 1. The number of nitrogens with two attached hydrogens (primary N) is 1. The zero-order valence-electron chi connectivity index (χ0n) is 19.4. The van der Waals surface area contributed by atoms with E-state index in [1.165, 1.54) is 17.7 Å². The molecule has 174 valence electrons. The van der Waals surface area contributed by atoms with E-state index in [4.69, 9.17) is 5.73 Å². The number of halogens is 1. The molecule has 0 saturated carbocycles. The molecule has 5 rings (SSSR count). The highest BCUT2D eigenvalue weighted by molar-refractivity contribution is 5.93. The van der Waals surface area contributed by atoms with Crippen molar-refractivity contribution in [3.63, 3.8) is 0 Å². The van der Waals surface area contributed by atoms with Crippen molar-refractivity contribution >= 4 is 11.8 Å². The second-order valence-corrected chi connectivity index (χ2v) is 9.82. The van der Waals surface area contributed by atoms with Crippen LogP contribution >= 0.6 is 0 Å². The van der Waals surface area contributed by atoms with Crippen molar-refractivity contribution in [3.05, 3.63) is 89.0 Å². The summed E-state index contributed by atoms with van der Waals surface area (Å²) in [5.74, 6) is -1.04. The lowest BCUT2D eigenvalue weighted by Crippen LogP contribution is -2.34. The van der Waals surface area contributed by atoms with Crippen LogP contribution in [0.5, 0.6) is 0 Å². The average molecular weight is 458 g/mol. The van der Waals surface area contributed by atoms with E-state index in [0.717, 1.165) is 34.9 Å². The minimum atomic E-state index is -0.474. The van der Waals surface area contributed by atoms with Crippen molar-refractivity contribution in [3.8, 4) is 11.1 Å². The fourth-order valence-corrected chi connectivity index (χ4v) is 5.73. The molecule has 1 aliphatic heterocycles. The van der Waals surface area contributed by atoms with Crippen LogP contribution in [0.15, 0.2) is 60.8 Å². The van der Waals surface area contributed by atoms with E-state index in [1.54, 1.807) is 4.90 Å². The Labute approximate surface area is 198 Å². The molecule has 5 nitrogen and oxygen atoms in total. The molecule has 1 aliphatic carbocycles. The van der Waals surface area contributed by atoms with Crippen molar-refractivity contribution in [1.29, 1.82) is 0 Å². The van der Waals surface area contributed by atoms with E-state index in [9.17, 15) is 14.0 Å². The first-order valence-electron chi connectivity index (χ1n) is 11.7. The summed E-state index contributed by atoms with van der Waals surface area (Å²) in [5.41, 5.74) is 11.3. The second kappa shape index (κ2) is 8.35. The Morgan fingerprint density at radius 1 is 1.15 bits per heavy atom. The first-order valence-corrected chi connectivity index (χ1v) is 11.7. The Bertz CT molecular complexity index is 1270. The van der Waals surface area contributed by atoms with Crippen molar-refractivity contribution in [1.82, 2.24) is 9.88 Å². The zero-order chi connectivity index (χ0) is 24.0. The first-order chi connectivity index (χ1) is 16.3.